The van der Waals surface area contributed by atoms with E-state index in [2.05, 4.69) is 20.9 Å². The molecule has 1 aromatic rings. The molecule has 0 amide bonds. The van der Waals surface area contributed by atoms with Crippen LogP contribution in [0.3, 0.4) is 0 Å². The Kier molecular flexibility index (Phi) is 2.59. The van der Waals surface area contributed by atoms with Gasteiger partial charge in [0.2, 0.25) is 0 Å². The number of pyridine rings is 1. The standard InChI is InChI=1S/C7H6BrNO2/c8-3-5-4-9-2-1-6(5)7(10)11/h1-2,4H,3H2,(H,10,11). The van der Waals surface area contributed by atoms with Crippen LogP contribution in [0.2, 0.25) is 0 Å². The molecule has 0 aliphatic heterocycles. The lowest BCUT2D eigenvalue weighted by atomic mass is 10.2. The van der Waals surface area contributed by atoms with Gasteiger partial charge in [0.25, 0.3) is 0 Å². The molecule has 0 fully saturated rings. The molecule has 0 radical (unpaired) electrons. The summed E-state index contributed by atoms with van der Waals surface area (Å²) in [6.45, 7) is 0. The number of carboxylic acids is 1. The fourth-order valence-corrected chi connectivity index (χ4v) is 1.19. The van der Waals surface area contributed by atoms with Crippen molar-refractivity contribution in [1.29, 1.82) is 0 Å². The van der Waals surface area contributed by atoms with E-state index in [0.717, 1.165) is 0 Å². The molecule has 0 atom stereocenters. The highest BCUT2D eigenvalue weighted by molar-refractivity contribution is 9.08. The summed E-state index contributed by atoms with van der Waals surface area (Å²) in [6.07, 6.45) is 3.01. The average Bonchev–Trinajstić information content (AvgIpc) is 2.04. The van der Waals surface area contributed by atoms with E-state index in [1.165, 1.54) is 18.5 Å². The topological polar surface area (TPSA) is 50.2 Å². The van der Waals surface area contributed by atoms with Crippen LogP contribution in [0.4, 0.5) is 0 Å². The third-order valence-corrected chi connectivity index (χ3v) is 1.88. The van der Waals surface area contributed by atoms with E-state index in [4.69, 9.17) is 5.11 Å². The van der Waals surface area contributed by atoms with Gasteiger partial charge in [-0.05, 0) is 11.6 Å². The van der Waals surface area contributed by atoms with Gasteiger partial charge in [0.1, 0.15) is 0 Å². The van der Waals surface area contributed by atoms with Crippen LogP contribution in [-0.4, -0.2) is 16.1 Å². The number of aromatic carboxylic acids is 1. The molecule has 58 valence electrons. The number of carboxylic acid groups (broad SMARTS) is 1. The summed E-state index contributed by atoms with van der Waals surface area (Å²) in [6, 6.07) is 1.49. The molecule has 0 aliphatic carbocycles. The summed E-state index contributed by atoms with van der Waals surface area (Å²) in [5.74, 6) is -0.915. The molecular formula is C7H6BrNO2. The highest BCUT2D eigenvalue weighted by atomic mass is 79.9. The molecule has 4 heteroatoms. The van der Waals surface area contributed by atoms with Crippen molar-refractivity contribution in [3.63, 3.8) is 0 Å². The molecule has 1 aromatic heterocycles. The van der Waals surface area contributed by atoms with Gasteiger partial charge in [-0.1, -0.05) is 15.9 Å². The van der Waals surface area contributed by atoms with Crippen molar-refractivity contribution in [3.8, 4) is 0 Å². The molecule has 0 bridgehead atoms. The Hall–Kier alpha value is -0.900. The van der Waals surface area contributed by atoms with Crippen LogP contribution in [-0.2, 0) is 5.33 Å². The number of alkyl halides is 1. The second-order valence-electron chi connectivity index (χ2n) is 1.97. The maximum atomic E-state index is 10.5. The van der Waals surface area contributed by atoms with Crippen LogP contribution in [0.15, 0.2) is 18.5 Å². The van der Waals surface area contributed by atoms with E-state index in [0.29, 0.717) is 16.5 Å². The predicted octanol–water partition coefficient (Wildman–Crippen LogP) is 1.67. The van der Waals surface area contributed by atoms with E-state index in [1.54, 1.807) is 0 Å². The molecule has 1 heterocycles. The molecule has 0 saturated carbocycles. The van der Waals surface area contributed by atoms with Crippen LogP contribution in [0, 0.1) is 0 Å². The van der Waals surface area contributed by atoms with E-state index in [-0.39, 0.29) is 0 Å². The number of carbonyl (C=O) groups is 1. The molecule has 0 aliphatic rings. The van der Waals surface area contributed by atoms with Gasteiger partial charge in [-0.15, -0.1) is 0 Å². The second kappa shape index (κ2) is 3.48. The first-order chi connectivity index (χ1) is 5.25. The van der Waals surface area contributed by atoms with Crippen LogP contribution in [0.25, 0.3) is 0 Å². The van der Waals surface area contributed by atoms with E-state index in [9.17, 15) is 4.79 Å². The van der Waals surface area contributed by atoms with Crippen molar-refractivity contribution in [2.24, 2.45) is 0 Å². The fourth-order valence-electron chi connectivity index (χ4n) is 0.742. The zero-order chi connectivity index (χ0) is 8.27. The van der Waals surface area contributed by atoms with Crippen molar-refractivity contribution in [3.05, 3.63) is 29.6 Å². The van der Waals surface area contributed by atoms with Crippen LogP contribution >= 0.6 is 15.9 Å². The van der Waals surface area contributed by atoms with Crippen molar-refractivity contribution in [2.75, 3.05) is 0 Å². The molecule has 0 aromatic carbocycles. The largest absolute Gasteiger partial charge is 0.478 e. The summed E-state index contributed by atoms with van der Waals surface area (Å²) in [5, 5.41) is 9.16. The fraction of sp³-hybridized carbons (Fsp3) is 0.143. The lowest BCUT2D eigenvalue weighted by molar-refractivity contribution is 0.0696. The second-order valence-corrected chi connectivity index (χ2v) is 2.53. The number of nitrogens with zero attached hydrogens (tertiary/aromatic N) is 1. The summed E-state index contributed by atoms with van der Waals surface area (Å²) in [4.78, 5) is 14.3. The van der Waals surface area contributed by atoms with Gasteiger partial charge < -0.3 is 5.11 Å². The van der Waals surface area contributed by atoms with Crippen molar-refractivity contribution < 1.29 is 9.90 Å². The van der Waals surface area contributed by atoms with Crippen molar-refractivity contribution in [2.45, 2.75) is 5.33 Å². The van der Waals surface area contributed by atoms with Crippen LogP contribution in [0.1, 0.15) is 15.9 Å². The minimum absolute atomic E-state index is 0.303. The summed E-state index contributed by atoms with van der Waals surface area (Å²) in [5.41, 5.74) is 0.997. The minimum Gasteiger partial charge on any atom is -0.478 e. The van der Waals surface area contributed by atoms with Gasteiger partial charge in [-0.2, -0.15) is 0 Å². The Morgan fingerprint density at radius 3 is 2.91 bits per heavy atom. The maximum Gasteiger partial charge on any atom is 0.336 e. The minimum atomic E-state index is -0.915. The highest BCUT2D eigenvalue weighted by Crippen LogP contribution is 2.10. The third-order valence-electron chi connectivity index (χ3n) is 1.28. The highest BCUT2D eigenvalue weighted by Gasteiger charge is 2.06. The molecule has 1 rings (SSSR count). The summed E-state index contributed by atoms with van der Waals surface area (Å²) >= 11 is 3.17. The quantitative estimate of drug-likeness (QED) is 0.765. The lowest BCUT2D eigenvalue weighted by Crippen LogP contribution is -2.00. The van der Waals surface area contributed by atoms with Gasteiger partial charge >= 0.3 is 5.97 Å². The molecule has 1 N–H and O–H groups in total. The Balaban J connectivity index is 3.12. The molecule has 3 nitrogen and oxygen atoms in total. The molecule has 0 spiro atoms. The first-order valence-electron chi connectivity index (χ1n) is 2.98. The Morgan fingerprint density at radius 2 is 2.45 bits per heavy atom. The van der Waals surface area contributed by atoms with E-state index >= 15 is 0 Å². The average molecular weight is 216 g/mol. The predicted molar refractivity (Wildman–Crippen MR) is 43.8 cm³/mol. The first kappa shape index (κ1) is 8.20. The Morgan fingerprint density at radius 1 is 1.73 bits per heavy atom. The monoisotopic (exact) mass is 215 g/mol. The zero-order valence-corrected chi connectivity index (χ0v) is 7.21. The maximum absolute atomic E-state index is 10.5. The molecule has 11 heavy (non-hydrogen) atoms. The first-order valence-corrected chi connectivity index (χ1v) is 4.10. The number of hydrogen-bond donors (Lipinski definition) is 1. The van der Waals surface area contributed by atoms with Gasteiger partial charge in [0, 0.05) is 17.7 Å². The lowest BCUT2D eigenvalue weighted by Gasteiger charge is -1.98. The van der Waals surface area contributed by atoms with Gasteiger partial charge in [-0.3, -0.25) is 4.98 Å². The van der Waals surface area contributed by atoms with Gasteiger partial charge in [-0.25, -0.2) is 4.79 Å². The molecule has 0 saturated heterocycles. The number of halogens is 1. The van der Waals surface area contributed by atoms with Crippen molar-refractivity contribution >= 4 is 21.9 Å². The number of rotatable bonds is 2. The van der Waals surface area contributed by atoms with Gasteiger partial charge in [0.15, 0.2) is 0 Å². The van der Waals surface area contributed by atoms with Crippen LogP contribution in [0.5, 0.6) is 0 Å². The van der Waals surface area contributed by atoms with Crippen molar-refractivity contribution in [1.82, 2.24) is 4.98 Å². The summed E-state index contributed by atoms with van der Waals surface area (Å²) in [7, 11) is 0. The number of aromatic nitrogens is 1. The van der Waals surface area contributed by atoms with Crippen LogP contribution < -0.4 is 0 Å². The van der Waals surface area contributed by atoms with E-state index in [1.807, 2.05) is 0 Å². The SMILES string of the molecule is O=C(O)c1ccncc1CBr. The van der Waals surface area contributed by atoms with Gasteiger partial charge in [0.05, 0.1) is 5.56 Å². The molecule has 0 unspecified atom stereocenters. The normalized spacial score (nSPS) is 9.55. The summed E-state index contributed by atoms with van der Waals surface area (Å²) < 4.78 is 0. The smallest absolute Gasteiger partial charge is 0.336 e. The Labute approximate surface area is 72.2 Å². The Bertz CT molecular complexity index is 275. The zero-order valence-electron chi connectivity index (χ0n) is 5.62. The third kappa shape index (κ3) is 1.77. The number of hydrogen-bond acceptors (Lipinski definition) is 2. The molecular weight excluding hydrogens is 210 g/mol. The van der Waals surface area contributed by atoms with E-state index < -0.39 is 5.97 Å².